The average molecular weight is 287 g/mol. The van der Waals surface area contributed by atoms with Gasteiger partial charge in [-0.15, -0.1) is 0 Å². The molecule has 0 spiro atoms. The average Bonchev–Trinajstić information content (AvgIpc) is 2.31. The standard InChI is InChI=1S/C16H27NO2.Na/c1-11-6-5-9-16(3,4)14(11)8-7-13(10-17)12(2)15(18)19;/h11-14H,5-9H2,1-4H3,(H,18,19);/q;+1/p-1. The molecule has 0 aromatic heterocycles. The van der Waals surface area contributed by atoms with Crippen molar-refractivity contribution in [2.24, 2.45) is 29.1 Å². The van der Waals surface area contributed by atoms with Crippen molar-refractivity contribution in [1.29, 1.82) is 5.26 Å². The summed E-state index contributed by atoms with van der Waals surface area (Å²) in [5.74, 6) is -0.947. The van der Waals surface area contributed by atoms with Gasteiger partial charge in [-0.3, -0.25) is 0 Å². The Morgan fingerprint density at radius 2 is 2.10 bits per heavy atom. The van der Waals surface area contributed by atoms with Crippen molar-refractivity contribution >= 4 is 5.97 Å². The van der Waals surface area contributed by atoms with Crippen LogP contribution in [0.1, 0.15) is 59.8 Å². The van der Waals surface area contributed by atoms with Gasteiger partial charge in [-0.25, -0.2) is 0 Å². The van der Waals surface area contributed by atoms with Gasteiger partial charge in [0.1, 0.15) is 0 Å². The Morgan fingerprint density at radius 1 is 1.50 bits per heavy atom. The van der Waals surface area contributed by atoms with E-state index in [0.717, 1.165) is 6.42 Å². The van der Waals surface area contributed by atoms with Gasteiger partial charge in [-0.1, -0.05) is 40.5 Å². The molecule has 1 aliphatic rings. The number of hydrogen-bond acceptors (Lipinski definition) is 3. The van der Waals surface area contributed by atoms with E-state index in [1.807, 2.05) is 0 Å². The molecule has 4 unspecified atom stereocenters. The third-order valence-electron chi connectivity index (χ3n) is 5.10. The molecule has 1 saturated carbocycles. The maximum absolute atomic E-state index is 10.9. The van der Waals surface area contributed by atoms with E-state index < -0.39 is 17.8 Å². The Kier molecular flexibility index (Phi) is 8.40. The molecule has 4 atom stereocenters. The Labute approximate surface area is 145 Å². The molecule has 0 saturated heterocycles. The number of carbonyl (C=O) groups is 1. The SMILES string of the molecule is CC1CCCC(C)(C)C1CCC(C#N)C(C)C(=O)[O-].[Na+]. The van der Waals surface area contributed by atoms with Gasteiger partial charge < -0.3 is 9.90 Å². The first kappa shape index (κ1) is 20.0. The molecule has 108 valence electrons. The third kappa shape index (κ3) is 5.06. The molecule has 1 fully saturated rings. The van der Waals surface area contributed by atoms with E-state index in [-0.39, 0.29) is 29.6 Å². The maximum Gasteiger partial charge on any atom is 1.00 e. The van der Waals surface area contributed by atoms with Crippen molar-refractivity contribution in [3.05, 3.63) is 0 Å². The molecule has 1 aliphatic carbocycles. The summed E-state index contributed by atoms with van der Waals surface area (Å²) in [6.07, 6.45) is 5.38. The van der Waals surface area contributed by atoms with Gasteiger partial charge in [0.25, 0.3) is 0 Å². The van der Waals surface area contributed by atoms with Crippen LogP contribution in [0.15, 0.2) is 0 Å². The fourth-order valence-corrected chi connectivity index (χ4v) is 3.66. The van der Waals surface area contributed by atoms with Crippen LogP contribution in [0, 0.1) is 40.4 Å². The molecule has 0 amide bonds. The van der Waals surface area contributed by atoms with E-state index in [9.17, 15) is 9.90 Å². The molecule has 20 heavy (non-hydrogen) atoms. The molecule has 0 radical (unpaired) electrons. The topological polar surface area (TPSA) is 63.9 Å². The summed E-state index contributed by atoms with van der Waals surface area (Å²) in [6.45, 7) is 8.47. The second-order valence-electron chi connectivity index (χ2n) is 6.89. The zero-order chi connectivity index (χ0) is 14.6. The molecule has 0 aromatic carbocycles. The number of nitrogens with zero attached hydrogens (tertiary/aromatic N) is 1. The minimum atomic E-state index is -1.11. The minimum absolute atomic E-state index is 0. The molecule has 0 aliphatic heterocycles. The van der Waals surface area contributed by atoms with Crippen molar-refractivity contribution in [3.63, 3.8) is 0 Å². The molecule has 1 rings (SSSR count). The van der Waals surface area contributed by atoms with Crippen molar-refractivity contribution in [2.75, 3.05) is 0 Å². The monoisotopic (exact) mass is 287 g/mol. The summed E-state index contributed by atoms with van der Waals surface area (Å²) in [6, 6.07) is 2.14. The van der Waals surface area contributed by atoms with E-state index >= 15 is 0 Å². The van der Waals surface area contributed by atoms with Crippen molar-refractivity contribution in [3.8, 4) is 6.07 Å². The minimum Gasteiger partial charge on any atom is -0.550 e. The fourth-order valence-electron chi connectivity index (χ4n) is 3.66. The number of carboxylic acid groups (broad SMARTS) is 1. The fraction of sp³-hybridized carbons (Fsp3) is 0.875. The maximum atomic E-state index is 10.9. The molecule has 0 aromatic rings. The van der Waals surface area contributed by atoms with Crippen LogP contribution in [-0.4, -0.2) is 5.97 Å². The predicted molar refractivity (Wildman–Crippen MR) is 72.8 cm³/mol. The van der Waals surface area contributed by atoms with Gasteiger partial charge in [-0.05, 0) is 36.5 Å². The molecular weight excluding hydrogens is 261 g/mol. The van der Waals surface area contributed by atoms with E-state index in [1.165, 1.54) is 19.3 Å². The van der Waals surface area contributed by atoms with Crippen LogP contribution in [0.4, 0.5) is 0 Å². The van der Waals surface area contributed by atoms with Gasteiger partial charge in [0.05, 0.1) is 12.0 Å². The number of rotatable bonds is 5. The first-order valence-electron chi connectivity index (χ1n) is 7.40. The Hall–Kier alpha value is -0.0400. The van der Waals surface area contributed by atoms with Gasteiger partial charge in [-0.2, -0.15) is 5.26 Å². The van der Waals surface area contributed by atoms with Crippen LogP contribution in [0.3, 0.4) is 0 Å². The summed E-state index contributed by atoms with van der Waals surface area (Å²) in [5.41, 5.74) is 0.308. The van der Waals surface area contributed by atoms with Gasteiger partial charge in [0.2, 0.25) is 0 Å². The van der Waals surface area contributed by atoms with Gasteiger partial charge in [0.15, 0.2) is 0 Å². The Balaban J connectivity index is 0.00000361. The van der Waals surface area contributed by atoms with Crippen LogP contribution in [0.5, 0.6) is 0 Å². The zero-order valence-corrected chi connectivity index (χ0v) is 15.6. The summed E-state index contributed by atoms with van der Waals surface area (Å²) in [5, 5.41) is 20.0. The number of aliphatic carboxylic acids is 1. The van der Waals surface area contributed by atoms with E-state index in [4.69, 9.17) is 5.26 Å². The third-order valence-corrected chi connectivity index (χ3v) is 5.10. The molecular formula is C16H26NNaO2. The second kappa shape index (κ2) is 8.41. The summed E-state index contributed by atoms with van der Waals surface area (Å²) >= 11 is 0. The predicted octanol–water partition coefficient (Wildman–Crippen LogP) is -0.241. The summed E-state index contributed by atoms with van der Waals surface area (Å²) in [4.78, 5) is 10.9. The first-order valence-corrected chi connectivity index (χ1v) is 7.40. The molecule has 4 heteroatoms. The Bertz CT molecular complexity index is 362. The van der Waals surface area contributed by atoms with Crippen molar-refractivity contribution < 1.29 is 39.5 Å². The molecule has 0 bridgehead atoms. The summed E-state index contributed by atoms with van der Waals surface area (Å²) in [7, 11) is 0. The smallest absolute Gasteiger partial charge is 0.550 e. The van der Waals surface area contributed by atoms with Crippen LogP contribution >= 0.6 is 0 Å². The number of hydrogen-bond donors (Lipinski definition) is 0. The first-order chi connectivity index (χ1) is 8.79. The number of carboxylic acids is 1. The number of nitriles is 1. The normalized spacial score (nSPS) is 27.8. The second-order valence-corrected chi connectivity index (χ2v) is 6.89. The number of carbonyl (C=O) groups excluding carboxylic acids is 1. The quantitative estimate of drug-likeness (QED) is 0.656. The molecule has 3 nitrogen and oxygen atoms in total. The molecule has 0 heterocycles. The van der Waals surface area contributed by atoms with Crippen molar-refractivity contribution in [1.82, 2.24) is 0 Å². The van der Waals surface area contributed by atoms with Gasteiger partial charge >= 0.3 is 29.6 Å². The van der Waals surface area contributed by atoms with Crippen molar-refractivity contribution in [2.45, 2.75) is 59.8 Å². The van der Waals surface area contributed by atoms with E-state index in [0.29, 0.717) is 23.7 Å². The van der Waals surface area contributed by atoms with Crippen LogP contribution in [0.25, 0.3) is 0 Å². The van der Waals surface area contributed by atoms with Crippen LogP contribution < -0.4 is 34.7 Å². The van der Waals surface area contributed by atoms with Crippen LogP contribution in [0.2, 0.25) is 0 Å². The van der Waals surface area contributed by atoms with Gasteiger partial charge in [0, 0.05) is 11.9 Å². The van der Waals surface area contributed by atoms with E-state index in [2.05, 4.69) is 26.8 Å². The summed E-state index contributed by atoms with van der Waals surface area (Å²) < 4.78 is 0. The zero-order valence-electron chi connectivity index (χ0n) is 13.6. The van der Waals surface area contributed by atoms with E-state index in [1.54, 1.807) is 6.92 Å². The van der Waals surface area contributed by atoms with Crippen LogP contribution in [-0.2, 0) is 4.79 Å². The Morgan fingerprint density at radius 3 is 2.55 bits per heavy atom. The largest absolute Gasteiger partial charge is 1.00 e. The molecule has 0 N–H and O–H groups in total.